The summed E-state index contributed by atoms with van der Waals surface area (Å²) in [6.07, 6.45) is 0.744. The number of carbonyl (C=O) groups excluding carboxylic acids is 2. The molecule has 2 amide bonds. The molecule has 3 aromatic rings. The van der Waals surface area contributed by atoms with Crippen molar-refractivity contribution >= 4 is 11.8 Å². The molecule has 0 heterocycles. The first-order valence-electron chi connectivity index (χ1n) is 9.54. The Labute approximate surface area is 169 Å². The molecule has 0 saturated carbocycles. The number of halogens is 1. The third-order valence-corrected chi connectivity index (χ3v) is 4.59. The zero-order chi connectivity index (χ0) is 20.5. The number of nitrogens with one attached hydrogen (secondary N) is 2. The van der Waals surface area contributed by atoms with E-state index in [9.17, 15) is 14.0 Å². The predicted molar refractivity (Wildman–Crippen MR) is 111 cm³/mol. The Morgan fingerprint density at radius 2 is 1.45 bits per heavy atom. The molecular formula is C24H23FN2O2. The summed E-state index contributed by atoms with van der Waals surface area (Å²) in [7, 11) is 0. The maximum Gasteiger partial charge on any atom is 0.251 e. The molecule has 4 nitrogen and oxygen atoms in total. The molecule has 3 rings (SSSR count). The Bertz CT molecular complexity index is 945. The number of benzene rings is 3. The second kappa shape index (κ2) is 10.2. The highest BCUT2D eigenvalue weighted by molar-refractivity contribution is 5.97. The summed E-state index contributed by atoms with van der Waals surface area (Å²) in [5.41, 5.74) is 1.97. The molecule has 0 spiro atoms. The van der Waals surface area contributed by atoms with Crippen LogP contribution in [0.15, 0.2) is 84.9 Å². The molecule has 5 heteroatoms. The summed E-state index contributed by atoms with van der Waals surface area (Å²) >= 11 is 0. The number of rotatable bonds is 8. The lowest BCUT2D eigenvalue weighted by Gasteiger charge is -2.19. The standard InChI is InChI=1S/C24H23FN2O2/c25-21-14-8-7-11-19(21)15-16-26-24(29)22(17-18-9-3-1-4-10-18)27-23(28)20-12-5-2-6-13-20/h1-14,22H,15-17H2,(H,26,29)(H,27,28). The zero-order valence-corrected chi connectivity index (χ0v) is 16.0. The van der Waals surface area contributed by atoms with Crippen molar-refractivity contribution in [1.29, 1.82) is 0 Å². The number of amides is 2. The van der Waals surface area contributed by atoms with E-state index in [1.807, 2.05) is 36.4 Å². The molecule has 0 saturated heterocycles. The molecule has 0 aliphatic carbocycles. The van der Waals surface area contributed by atoms with E-state index >= 15 is 0 Å². The van der Waals surface area contributed by atoms with Gasteiger partial charge in [0.2, 0.25) is 5.91 Å². The fraction of sp³-hybridized carbons (Fsp3) is 0.167. The molecule has 1 atom stereocenters. The van der Waals surface area contributed by atoms with Gasteiger partial charge in [0.1, 0.15) is 11.9 Å². The summed E-state index contributed by atoms with van der Waals surface area (Å²) in [5, 5.41) is 5.63. The van der Waals surface area contributed by atoms with Crippen LogP contribution in [0.3, 0.4) is 0 Å². The highest BCUT2D eigenvalue weighted by Crippen LogP contribution is 2.08. The largest absolute Gasteiger partial charge is 0.354 e. The molecular weight excluding hydrogens is 367 g/mol. The molecule has 0 fully saturated rings. The van der Waals surface area contributed by atoms with Gasteiger partial charge in [-0.25, -0.2) is 4.39 Å². The maximum absolute atomic E-state index is 13.8. The van der Waals surface area contributed by atoms with Crippen molar-refractivity contribution in [2.24, 2.45) is 0 Å². The first-order valence-corrected chi connectivity index (χ1v) is 9.54. The molecule has 2 N–H and O–H groups in total. The van der Waals surface area contributed by atoms with Gasteiger partial charge < -0.3 is 10.6 Å². The van der Waals surface area contributed by atoms with Gasteiger partial charge in [-0.3, -0.25) is 9.59 Å². The minimum absolute atomic E-state index is 0.284. The summed E-state index contributed by atoms with van der Waals surface area (Å²) in [5.74, 6) is -0.898. The molecule has 1 unspecified atom stereocenters. The number of hydrogen-bond acceptors (Lipinski definition) is 2. The summed E-state index contributed by atoms with van der Waals surface area (Å²) in [6, 6.07) is 24.0. The van der Waals surface area contributed by atoms with Crippen LogP contribution in [-0.4, -0.2) is 24.4 Å². The van der Waals surface area contributed by atoms with Crippen LogP contribution >= 0.6 is 0 Å². The van der Waals surface area contributed by atoms with Crippen molar-refractivity contribution < 1.29 is 14.0 Å². The van der Waals surface area contributed by atoms with Gasteiger partial charge in [0.25, 0.3) is 5.91 Å². The minimum Gasteiger partial charge on any atom is -0.354 e. The fourth-order valence-electron chi connectivity index (χ4n) is 3.03. The highest BCUT2D eigenvalue weighted by atomic mass is 19.1. The monoisotopic (exact) mass is 390 g/mol. The second-order valence-electron chi connectivity index (χ2n) is 6.71. The van der Waals surface area contributed by atoms with Crippen LogP contribution in [0.4, 0.5) is 4.39 Å². The predicted octanol–water partition coefficient (Wildman–Crippen LogP) is 3.53. The number of carbonyl (C=O) groups is 2. The van der Waals surface area contributed by atoms with Crippen LogP contribution in [0.2, 0.25) is 0 Å². The van der Waals surface area contributed by atoms with Crippen LogP contribution in [-0.2, 0) is 17.6 Å². The lowest BCUT2D eigenvalue weighted by molar-refractivity contribution is -0.122. The molecule has 29 heavy (non-hydrogen) atoms. The zero-order valence-electron chi connectivity index (χ0n) is 16.0. The molecule has 0 aliphatic heterocycles. The fourth-order valence-corrected chi connectivity index (χ4v) is 3.03. The third kappa shape index (κ3) is 6.01. The van der Waals surface area contributed by atoms with Gasteiger partial charge in [0.15, 0.2) is 0 Å². The second-order valence-corrected chi connectivity index (χ2v) is 6.71. The first kappa shape index (κ1) is 20.3. The van der Waals surface area contributed by atoms with Crippen LogP contribution in [0, 0.1) is 5.82 Å². The van der Waals surface area contributed by atoms with E-state index in [1.54, 1.807) is 42.5 Å². The van der Waals surface area contributed by atoms with E-state index < -0.39 is 6.04 Å². The molecule has 0 aliphatic rings. The maximum atomic E-state index is 13.8. The molecule has 0 bridgehead atoms. The minimum atomic E-state index is -0.731. The van der Waals surface area contributed by atoms with Crippen LogP contribution in [0.1, 0.15) is 21.5 Å². The van der Waals surface area contributed by atoms with Gasteiger partial charge in [0, 0.05) is 18.5 Å². The number of hydrogen-bond donors (Lipinski definition) is 2. The molecule has 148 valence electrons. The van der Waals surface area contributed by atoms with Crippen molar-refractivity contribution in [1.82, 2.24) is 10.6 Å². The summed E-state index contributed by atoms with van der Waals surface area (Å²) in [6.45, 7) is 0.284. The Hall–Kier alpha value is -3.47. The Kier molecular flexibility index (Phi) is 7.11. The van der Waals surface area contributed by atoms with Crippen molar-refractivity contribution in [3.05, 3.63) is 107 Å². The van der Waals surface area contributed by atoms with E-state index in [4.69, 9.17) is 0 Å². The van der Waals surface area contributed by atoms with Crippen molar-refractivity contribution in [3.63, 3.8) is 0 Å². The van der Waals surface area contributed by atoms with Gasteiger partial charge in [-0.1, -0.05) is 66.7 Å². The lowest BCUT2D eigenvalue weighted by Crippen LogP contribution is -2.48. The van der Waals surface area contributed by atoms with E-state index in [1.165, 1.54) is 6.07 Å². The SMILES string of the molecule is O=C(NC(Cc1ccccc1)C(=O)NCCc1ccccc1F)c1ccccc1. The van der Waals surface area contributed by atoms with Crippen molar-refractivity contribution in [3.8, 4) is 0 Å². The topological polar surface area (TPSA) is 58.2 Å². The van der Waals surface area contributed by atoms with Gasteiger partial charge in [-0.15, -0.1) is 0 Å². The average molecular weight is 390 g/mol. The Morgan fingerprint density at radius 3 is 2.14 bits per heavy atom. The molecule has 3 aromatic carbocycles. The summed E-state index contributed by atoms with van der Waals surface area (Å²) in [4.78, 5) is 25.3. The molecule has 0 radical (unpaired) electrons. The third-order valence-electron chi connectivity index (χ3n) is 4.59. The van der Waals surface area contributed by atoms with Crippen molar-refractivity contribution in [2.45, 2.75) is 18.9 Å². The van der Waals surface area contributed by atoms with Gasteiger partial charge in [0.05, 0.1) is 0 Å². The van der Waals surface area contributed by atoms with Gasteiger partial charge >= 0.3 is 0 Å². The van der Waals surface area contributed by atoms with Crippen molar-refractivity contribution in [2.75, 3.05) is 6.54 Å². The van der Waals surface area contributed by atoms with E-state index in [0.29, 0.717) is 24.0 Å². The van der Waals surface area contributed by atoms with Crippen LogP contribution in [0.5, 0.6) is 0 Å². The highest BCUT2D eigenvalue weighted by Gasteiger charge is 2.21. The first-order chi connectivity index (χ1) is 14.1. The lowest BCUT2D eigenvalue weighted by atomic mass is 10.0. The van der Waals surface area contributed by atoms with Crippen LogP contribution < -0.4 is 10.6 Å². The van der Waals surface area contributed by atoms with Gasteiger partial charge in [-0.05, 0) is 35.7 Å². The Morgan fingerprint density at radius 1 is 0.828 bits per heavy atom. The van der Waals surface area contributed by atoms with E-state index in [-0.39, 0.29) is 24.2 Å². The van der Waals surface area contributed by atoms with Crippen LogP contribution in [0.25, 0.3) is 0 Å². The van der Waals surface area contributed by atoms with E-state index in [2.05, 4.69) is 10.6 Å². The normalized spacial score (nSPS) is 11.5. The van der Waals surface area contributed by atoms with E-state index in [0.717, 1.165) is 5.56 Å². The Balaban J connectivity index is 1.65. The average Bonchev–Trinajstić information content (AvgIpc) is 2.76. The molecule has 0 aromatic heterocycles. The van der Waals surface area contributed by atoms with Gasteiger partial charge in [-0.2, -0.15) is 0 Å². The summed E-state index contributed by atoms with van der Waals surface area (Å²) < 4.78 is 13.8. The smallest absolute Gasteiger partial charge is 0.251 e. The quantitative estimate of drug-likeness (QED) is 0.618.